The summed E-state index contributed by atoms with van der Waals surface area (Å²) in [6, 6.07) is 9.97. The Morgan fingerprint density at radius 2 is 1.91 bits per heavy atom. The highest BCUT2D eigenvalue weighted by Crippen LogP contribution is 2.17. The zero-order chi connectivity index (χ0) is 15.2. The molecule has 114 valence electrons. The molecule has 0 unspecified atom stereocenters. The lowest BCUT2D eigenvalue weighted by atomic mass is 10.2. The van der Waals surface area contributed by atoms with Crippen molar-refractivity contribution in [2.75, 3.05) is 36.5 Å². The number of hydrogen-bond donors (Lipinski definition) is 2. The molecule has 0 saturated carbocycles. The second-order valence-corrected chi connectivity index (χ2v) is 4.81. The number of benzene rings is 1. The minimum Gasteiger partial charge on any atom is -0.378 e. The van der Waals surface area contributed by atoms with E-state index in [2.05, 4.69) is 25.4 Å². The van der Waals surface area contributed by atoms with Crippen LogP contribution < -0.4 is 10.2 Å². The molecular weight excluding hydrogens is 282 g/mol. The molecule has 1 aromatic carbocycles. The predicted octanol–water partition coefficient (Wildman–Crippen LogP) is 1.98. The second kappa shape index (κ2) is 6.90. The molecule has 0 amide bonds. The zero-order valence-electron chi connectivity index (χ0n) is 12.1. The van der Waals surface area contributed by atoms with Crippen molar-refractivity contribution in [3.8, 4) is 0 Å². The minimum absolute atomic E-state index is 0.104. The lowest BCUT2D eigenvalue weighted by molar-refractivity contribution is 0.122. The summed E-state index contributed by atoms with van der Waals surface area (Å²) in [6.45, 7) is 3.33. The molecule has 0 aliphatic carbocycles. The van der Waals surface area contributed by atoms with Gasteiger partial charge in [0.05, 0.1) is 13.2 Å². The van der Waals surface area contributed by atoms with E-state index >= 15 is 0 Å². The summed E-state index contributed by atoms with van der Waals surface area (Å²) < 4.78 is 5.32. The van der Waals surface area contributed by atoms with E-state index in [1.165, 1.54) is 0 Å². The smallest absolute Gasteiger partial charge is 0.274 e. The Hall–Kier alpha value is -2.61. The van der Waals surface area contributed by atoms with Crippen LogP contribution in [0.3, 0.4) is 0 Å². The third-order valence-electron chi connectivity index (χ3n) is 3.30. The van der Waals surface area contributed by atoms with Crippen molar-refractivity contribution in [2.24, 2.45) is 5.11 Å². The number of ether oxygens (including phenoxy) is 1. The van der Waals surface area contributed by atoms with Crippen LogP contribution >= 0.6 is 0 Å². The van der Waals surface area contributed by atoms with E-state index in [0.717, 1.165) is 18.7 Å². The monoisotopic (exact) mass is 299 g/mol. The molecule has 1 aromatic heterocycles. The summed E-state index contributed by atoms with van der Waals surface area (Å²) in [5, 5.41) is 6.48. The lowest BCUT2D eigenvalue weighted by Crippen LogP contribution is -2.37. The van der Waals surface area contributed by atoms with Crippen molar-refractivity contribution in [1.29, 1.82) is 5.53 Å². The lowest BCUT2D eigenvalue weighted by Gasteiger charge is -2.26. The van der Waals surface area contributed by atoms with Crippen LogP contribution in [0.15, 0.2) is 35.4 Å². The largest absolute Gasteiger partial charge is 0.378 e. The van der Waals surface area contributed by atoms with Gasteiger partial charge >= 0.3 is 0 Å². The van der Waals surface area contributed by atoms with Crippen molar-refractivity contribution in [1.82, 2.24) is 15.0 Å². The molecule has 2 heterocycles. The molecule has 0 bridgehead atoms. The van der Waals surface area contributed by atoms with Gasteiger partial charge in [-0.05, 0) is 5.56 Å². The third-order valence-corrected chi connectivity index (χ3v) is 3.30. The van der Waals surface area contributed by atoms with E-state index in [1.807, 2.05) is 35.2 Å². The highest BCUT2D eigenvalue weighted by Gasteiger charge is 2.16. The first-order valence-corrected chi connectivity index (χ1v) is 7.09. The van der Waals surface area contributed by atoms with E-state index in [9.17, 15) is 0 Å². The molecule has 1 aliphatic heterocycles. The van der Waals surface area contributed by atoms with Gasteiger partial charge < -0.3 is 15.0 Å². The Balaban J connectivity index is 1.76. The number of anilines is 2. The third kappa shape index (κ3) is 3.53. The van der Waals surface area contributed by atoms with E-state index in [1.54, 1.807) is 0 Å². The quantitative estimate of drug-likeness (QED) is 0.819. The fourth-order valence-electron chi connectivity index (χ4n) is 2.16. The minimum atomic E-state index is 0.104. The van der Waals surface area contributed by atoms with Gasteiger partial charge in [-0.3, -0.25) is 0 Å². The average Bonchev–Trinajstić information content (AvgIpc) is 2.61. The maximum Gasteiger partial charge on any atom is 0.274 e. The number of aromatic nitrogens is 3. The van der Waals surface area contributed by atoms with Crippen LogP contribution in [0, 0.1) is 5.53 Å². The van der Waals surface area contributed by atoms with E-state index in [0.29, 0.717) is 31.7 Å². The SMILES string of the molecule is N=Nc1nc(NCc2ccccc2)nc(N2CCOCC2)n1. The van der Waals surface area contributed by atoms with Gasteiger partial charge in [0.2, 0.25) is 11.9 Å². The van der Waals surface area contributed by atoms with Gasteiger partial charge in [-0.25, -0.2) is 5.53 Å². The van der Waals surface area contributed by atoms with Gasteiger partial charge in [0.1, 0.15) is 0 Å². The first kappa shape index (κ1) is 14.3. The maximum atomic E-state index is 7.15. The van der Waals surface area contributed by atoms with Crippen molar-refractivity contribution >= 4 is 17.8 Å². The van der Waals surface area contributed by atoms with Crippen molar-refractivity contribution in [3.05, 3.63) is 35.9 Å². The molecule has 1 fully saturated rings. The molecule has 3 rings (SSSR count). The standard InChI is InChI=1S/C14H17N7O/c15-20-13-17-12(16-10-11-4-2-1-3-5-11)18-14(19-13)21-6-8-22-9-7-21/h1-5,15H,6-10H2,(H,16,17,18,19). The Morgan fingerprint density at radius 3 is 2.64 bits per heavy atom. The molecular formula is C14H17N7O. The highest BCUT2D eigenvalue weighted by atomic mass is 16.5. The van der Waals surface area contributed by atoms with E-state index < -0.39 is 0 Å². The molecule has 2 N–H and O–H groups in total. The van der Waals surface area contributed by atoms with Crippen molar-refractivity contribution in [2.45, 2.75) is 6.54 Å². The van der Waals surface area contributed by atoms with Gasteiger partial charge in [0, 0.05) is 19.6 Å². The molecule has 2 aromatic rings. The Labute approximate surface area is 128 Å². The summed E-state index contributed by atoms with van der Waals surface area (Å²) >= 11 is 0. The van der Waals surface area contributed by atoms with Crippen LogP contribution in [0.25, 0.3) is 0 Å². The molecule has 8 heteroatoms. The Kier molecular flexibility index (Phi) is 4.50. The maximum absolute atomic E-state index is 7.15. The Bertz CT molecular complexity index is 628. The summed E-state index contributed by atoms with van der Waals surface area (Å²) in [7, 11) is 0. The van der Waals surface area contributed by atoms with Crippen molar-refractivity contribution in [3.63, 3.8) is 0 Å². The summed E-state index contributed by atoms with van der Waals surface area (Å²) in [4.78, 5) is 14.7. The summed E-state index contributed by atoms with van der Waals surface area (Å²) in [5.74, 6) is 1.05. The fraction of sp³-hybridized carbons (Fsp3) is 0.357. The normalized spacial score (nSPS) is 14.6. The summed E-state index contributed by atoms with van der Waals surface area (Å²) in [6.07, 6.45) is 0. The number of hydrogen-bond acceptors (Lipinski definition) is 8. The molecule has 1 aliphatic rings. The number of nitrogens with zero attached hydrogens (tertiary/aromatic N) is 5. The van der Waals surface area contributed by atoms with E-state index in [4.69, 9.17) is 10.3 Å². The summed E-state index contributed by atoms with van der Waals surface area (Å²) in [5.41, 5.74) is 8.27. The van der Waals surface area contributed by atoms with Gasteiger partial charge in [0.15, 0.2) is 0 Å². The average molecular weight is 299 g/mol. The number of rotatable bonds is 5. The number of morpholine rings is 1. The topological polar surface area (TPSA) is 99.4 Å². The van der Waals surface area contributed by atoms with Gasteiger partial charge in [-0.2, -0.15) is 15.0 Å². The van der Waals surface area contributed by atoms with E-state index in [-0.39, 0.29) is 5.95 Å². The highest BCUT2D eigenvalue weighted by molar-refractivity contribution is 5.42. The van der Waals surface area contributed by atoms with Crippen LogP contribution in [-0.2, 0) is 11.3 Å². The zero-order valence-corrected chi connectivity index (χ0v) is 12.1. The van der Waals surface area contributed by atoms with Crippen LogP contribution in [-0.4, -0.2) is 41.3 Å². The molecule has 1 saturated heterocycles. The van der Waals surface area contributed by atoms with Gasteiger partial charge in [-0.1, -0.05) is 30.3 Å². The second-order valence-electron chi connectivity index (χ2n) is 4.81. The molecule has 0 radical (unpaired) electrons. The predicted molar refractivity (Wildman–Crippen MR) is 81.4 cm³/mol. The first-order valence-electron chi connectivity index (χ1n) is 7.09. The molecule has 8 nitrogen and oxygen atoms in total. The van der Waals surface area contributed by atoms with Gasteiger partial charge in [0.25, 0.3) is 5.95 Å². The fourth-order valence-corrected chi connectivity index (χ4v) is 2.16. The van der Waals surface area contributed by atoms with Crippen LogP contribution in [0.1, 0.15) is 5.56 Å². The Morgan fingerprint density at radius 1 is 1.14 bits per heavy atom. The van der Waals surface area contributed by atoms with Gasteiger partial charge in [-0.15, -0.1) is 5.11 Å². The molecule has 0 spiro atoms. The van der Waals surface area contributed by atoms with Crippen LogP contribution in [0.5, 0.6) is 0 Å². The van der Waals surface area contributed by atoms with Crippen LogP contribution in [0.2, 0.25) is 0 Å². The molecule has 22 heavy (non-hydrogen) atoms. The van der Waals surface area contributed by atoms with Crippen molar-refractivity contribution < 1.29 is 4.74 Å². The number of nitrogens with one attached hydrogen (secondary N) is 2. The van der Waals surface area contributed by atoms with Crippen LogP contribution in [0.4, 0.5) is 17.8 Å². The molecule has 0 atom stereocenters. The first-order chi connectivity index (χ1) is 10.8.